The number of halogens is 3. The zero-order valence-electron chi connectivity index (χ0n) is 10.6. The number of benzene rings is 2. The third kappa shape index (κ3) is 2.54. The molecule has 0 atom stereocenters. The summed E-state index contributed by atoms with van der Waals surface area (Å²) in [5.74, 6) is -2.07. The molecular weight excluding hydrogens is 342 g/mol. The number of hydrogen-bond donors (Lipinski definition) is 1. The van der Waals surface area contributed by atoms with Gasteiger partial charge < -0.3 is 10.5 Å². The molecule has 0 saturated heterocycles. The highest BCUT2D eigenvalue weighted by atomic mass is 79.9. The van der Waals surface area contributed by atoms with E-state index in [0.717, 1.165) is 6.07 Å². The van der Waals surface area contributed by atoms with Crippen molar-refractivity contribution in [1.82, 2.24) is 4.98 Å². The van der Waals surface area contributed by atoms with E-state index in [1.807, 2.05) is 6.07 Å². The molecular formula is C15H9BrF2N2O. The molecule has 0 aliphatic heterocycles. The van der Waals surface area contributed by atoms with Gasteiger partial charge in [0, 0.05) is 9.86 Å². The maximum absolute atomic E-state index is 13.8. The number of nitrogen functional groups attached to an aromatic ring is 1. The maximum atomic E-state index is 13.8. The highest BCUT2D eigenvalue weighted by Crippen LogP contribution is 2.36. The number of rotatable bonds is 2. The Kier molecular flexibility index (Phi) is 3.47. The summed E-state index contributed by atoms with van der Waals surface area (Å²) in [6, 6.07) is 9.49. The normalized spacial score (nSPS) is 10.8. The van der Waals surface area contributed by atoms with Crippen molar-refractivity contribution in [1.29, 1.82) is 0 Å². The second-order valence-corrected chi connectivity index (χ2v) is 5.28. The van der Waals surface area contributed by atoms with Crippen LogP contribution in [0, 0.1) is 11.6 Å². The molecule has 106 valence electrons. The molecule has 1 heterocycles. The lowest BCUT2D eigenvalue weighted by molar-refractivity contribution is 0.419. The number of aromatic nitrogens is 1. The number of nitrogens with two attached hydrogens (primary N) is 1. The van der Waals surface area contributed by atoms with Crippen LogP contribution in [0.2, 0.25) is 0 Å². The molecule has 2 N–H and O–H groups in total. The monoisotopic (exact) mass is 350 g/mol. The molecule has 0 unspecified atom stereocenters. The molecule has 0 aliphatic rings. The average molecular weight is 351 g/mol. The second kappa shape index (κ2) is 5.29. The number of anilines is 1. The van der Waals surface area contributed by atoms with Crippen LogP contribution in [0.15, 0.2) is 47.1 Å². The third-order valence-electron chi connectivity index (χ3n) is 2.93. The largest absolute Gasteiger partial charge is 0.451 e. The molecule has 0 aliphatic carbocycles. The first-order chi connectivity index (χ1) is 10.1. The Labute approximate surface area is 127 Å². The predicted molar refractivity (Wildman–Crippen MR) is 80.3 cm³/mol. The Bertz CT molecular complexity index is 839. The number of fused-ring (bicyclic) bond motifs is 1. The lowest BCUT2D eigenvalue weighted by Crippen LogP contribution is -1.98. The van der Waals surface area contributed by atoms with Crippen molar-refractivity contribution >= 4 is 32.5 Å². The van der Waals surface area contributed by atoms with Gasteiger partial charge in [-0.05, 0) is 24.3 Å². The predicted octanol–water partition coefficient (Wildman–Crippen LogP) is 4.65. The first-order valence-electron chi connectivity index (χ1n) is 6.02. The molecule has 2 aromatic carbocycles. The van der Waals surface area contributed by atoms with Crippen LogP contribution in [0.3, 0.4) is 0 Å². The van der Waals surface area contributed by atoms with Crippen LogP contribution < -0.4 is 10.5 Å². The van der Waals surface area contributed by atoms with Crippen molar-refractivity contribution in [3.05, 3.63) is 58.7 Å². The lowest BCUT2D eigenvalue weighted by Gasteiger charge is -2.12. The van der Waals surface area contributed by atoms with Crippen LogP contribution in [0.4, 0.5) is 14.5 Å². The Hall–Kier alpha value is -2.21. The van der Waals surface area contributed by atoms with E-state index in [1.54, 1.807) is 18.2 Å². The van der Waals surface area contributed by atoms with Gasteiger partial charge in [-0.1, -0.05) is 28.1 Å². The van der Waals surface area contributed by atoms with Crippen molar-refractivity contribution in [2.24, 2.45) is 0 Å². The van der Waals surface area contributed by atoms with Gasteiger partial charge >= 0.3 is 0 Å². The Balaban J connectivity index is 2.16. The van der Waals surface area contributed by atoms with Crippen molar-refractivity contribution in [3.8, 4) is 11.5 Å². The van der Waals surface area contributed by atoms with Crippen LogP contribution in [-0.4, -0.2) is 4.98 Å². The molecule has 0 fully saturated rings. The zero-order chi connectivity index (χ0) is 15.0. The summed E-state index contributed by atoms with van der Waals surface area (Å²) in [6.45, 7) is 0. The summed E-state index contributed by atoms with van der Waals surface area (Å²) >= 11 is 3.10. The Morgan fingerprint density at radius 1 is 1.14 bits per heavy atom. The molecule has 3 nitrogen and oxygen atoms in total. The van der Waals surface area contributed by atoms with Crippen LogP contribution in [0.25, 0.3) is 10.9 Å². The van der Waals surface area contributed by atoms with Crippen molar-refractivity contribution in [3.63, 3.8) is 0 Å². The Morgan fingerprint density at radius 3 is 2.71 bits per heavy atom. The summed E-state index contributed by atoms with van der Waals surface area (Å²) in [6.07, 6.45) is 1.42. The van der Waals surface area contributed by atoms with E-state index in [1.165, 1.54) is 12.3 Å². The van der Waals surface area contributed by atoms with Gasteiger partial charge in [-0.2, -0.15) is 4.39 Å². The van der Waals surface area contributed by atoms with Gasteiger partial charge in [0.25, 0.3) is 0 Å². The average Bonchev–Trinajstić information content (AvgIpc) is 2.47. The van der Waals surface area contributed by atoms with E-state index in [2.05, 4.69) is 20.9 Å². The molecule has 0 saturated carbocycles. The summed E-state index contributed by atoms with van der Waals surface area (Å²) < 4.78 is 33.1. The van der Waals surface area contributed by atoms with E-state index in [4.69, 9.17) is 10.5 Å². The summed E-state index contributed by atoms with van der Waals surface area (Å²) in [5, 5.41) is 0.622. The van der Waals surface area contributed by atoms with Crippen molar-refractivity contribution < 1.29 is 13.5 Å². The fourth-order valence-corrected chi connectivity index (χ4v) is 2.37. The molecule has 0 amide bonds. The van der Waals surface area contributed by atoms with E-state index >= 15 is 0 Å². The van der Waals surface area contributed by atoms with Crippen molar-refractivity contribution in [2.45, 2.75) is 0 Å². The fraction of sp³-hybridized carbons (Fsp3) is 0. The molecule has 0 bridgehead atoms. The van der Waals surface area contributed by atoms with Crippen molar-refractivity contribution in [2.75, 3.05) is 5.73 Å². The number of nitrogens with zero attached hydrogens (tertiary/aromatic N) is 1. The van der Waals surface area contributed by atoms with Gasteiger partial charge in [0.15, 0.2) is 17.3 Å². The molecule has 6 heteroatoms. The minimum Gasteiger partial charge on any atom is -0.451 e. The quantitative estimate of drug-likeness (QED) is 0.684. The van der Waals surface area contributed by atoms with Crippen LogP contribution in [-0.2, 0) is 0 Å². The molecule has 21 heavy (non-hydrogen) atoms. The highest BCUT2D eigenvalue weighted by Gasteiger charge is 2.15. The zero-order valence-corrected chi connectivity index (χ0v) is 12.2. The van der Waals surface area contributed by atoms with Crippen LogP contribution >= 0.6 is 15.9 Å². The van der Waals surface area contributed by atoms with Gasteiger partial charge in [0.05, 0.1) is 17.4 Å². The van der Waals surface area contributed by atoms with Gasteiger partial charge in [0.2, 0.25) is 5.82 Å². The van der Waals surface area contributed by atoms with Crippen LogP contribution in [0.1, 0.15) is 0 Å². The number of ether oxygens (including phenoxy) is 1. The third-order valence-corrected chi connectivity index (χ3v) is 3.38. The van der Waals surface area contributed by atoms with Gasteiger partial charge in [-0.15, -0.1) is 0 Å². The maximum Gasteiger partial charge on any atom is 0.201 e. The SMILES string of the molecule is Nc1cnc2ccccc2c1Oc1cc(Br)cc(F)c1F. The van der Waals surface area contributed by atoms with Gasteiger partial charge in [-0.25, -0.2) is 4.39 Å². The van der Waals surface area contributed by atoms with Gasteiger partial charge in [0.1, 0.15) is 0 Å². The highest BCUT2D eigenvalue weighted by molar-refractivity contribution is 9.10. The lowest BCUT2D eigenvalue weighted by atomic mass is 10.2. The molecule has 0 radical (unpaired) electrons. The minimum absolute atomic E-state index is 0.244. The van der Waals surface area contributed by atoms with E-state index in [0.29, 0.717) is 15.4 Å². The molecule has 1 aromatic heterocycles. The van der Waals surface area contributed by atoms with Gasteiger partial charge in [-0.3, -0.25) is 4.98 Å². The topological polar surface area (TPSA) is 48.1 Å². The number of hydrogen-bond acceptors (Lipinski definition) is 3. The van der Waals surface area contributed by atoms with E-state index in [-0.39, 0.29) is 17.2 Å². The van der Waals surface area contributed by atoms with E-state index in [9.17, 15) is 8.78 Å². The second-order valence-electron chi connectivity index (χ2n) is 4.36. The fourth-order valence-electron chi connectivity index (χ4n) is 1.96. The minimum atomic E-state index is -1.07. The summed E-state index contributed by atoms with van der Waals surface area (Å²) in [7, 11) is 0. The summed E-state index contributed by atoms with van der Waals surface area (Å²) in [4.78, 5) is 4.16. The standard InChI is InChI=1S/C15H9BrF2N2O/c16-8-5-10(17)14(18)13(6-8)21-15-9-3-1-2-4-12(9)20-7-11(15)19/h1-7H,19H2. The first kappa shape index (κ1) is 13.8. The number of para-hydroxylation sites is 1. The molecule has 3 aromatic rings. The van der Waals surface area contributed by atoms with Crippen LogP contribution in [0.5, 0.6) is 11.5 Å². The Morgan fingerprint density at radius 2 is 1.90 bits per heavy atom. The first-order valence-corrected chi connectivity index (χ1v) is 6.81. The smallest absolute Gasteiger partial charge is 0.201 e. The summed E-state index contributed by atoms with van der Waals surface area (Å²) in [5.41, 5.74) is 6.74. The molecule has 3 rings (SSSR count). The van der Waals surface area contributed by atoms with E-state index < -0.39 is 11.6 Å². The molecule has 0 spiro atoms. The number of pyridine rings is 1.